The molecule has 0 aromatic carbocycles. The van der Waals surface area contributed by atoms with Crippen molar-refractivity contribution in [1.82, 2.24) is 0 Å². The first kappa shape index (κ1) is 79.1. The first-order valence-corrected chi connectivity index (χ1v) is 35.5. The van der Waals surface area contributed by atoms with E-state index >= 15 is 0 Å². The van der Waals surface area contributed by atoms with E-state index < -0.39 is 97.5 Å². The molecule has 0 aromatic heterocycles. The van der Waals surface area contributed by atoms with Gasteiger partial charge in [0.15, 0.2) is 12.2 Å². The van der Waals surface area contributed by atoms with Gasteiger partial charge in [-0.3, -0.25) is 37.3 Å². The Morgan fingerprint density at radius 2 is 0.568 bits per heavy atom. The molecule has 0 bridgehead atoms. The van der Waals surface area contributed by atoms with Gasteiger partial charge in [0, 0.05) is 25.7 Å². The van der Waals surface area contributed by atoms with Crippen LogP contribution in [0.2, 0.25) is 0 Å². The second-order valence-corrected chi connectivity index (χ2v) is 26.3. The number of carbonyl (C=O) groups excluding carboxylic acids is 4. The van der Waals surface area contributed by atoms with Gasteiger partial charge in [-0.05, 0) is 37.5 Å². The van der Waals surface area contributed by atoms with Gasteiger partial charge < -0.3 is 33.8 Å². The van der Waals surface area contributed by atoms with Crippen molar-refractivity contribution in [3.63, 3.8) is 0 Å². The van der Waals surface area contributed by atoms with Crippen LogP contribution in [0.15, 0.2) is 0 Å². The molecule has 0 aromatic rings. The van der Waals surface area contributed by atoms with E-state index in [1.54, 1.807) is 0 Å². The fourth-order valence-corrected chi connectivity index (χ4v) is 10.8. The molecule has 0 heterocycles. The minimum Gasteiger partial charge on any atom is -0.462 e. The van der Waals surface area contributed by atoms with E-state index in [0.717, 1.165) is 103 Å². The first-order chi connectivity index (χ1) is 38.9. The molecule has 3 N–H and O–H groups in total. The third kappa shape index (κ3) is 56.9. The Hall–Kier alpha value is -1.94. The summed E-state index contributed by atoms with van der Waals surface area (Å²) < 4.78 is 67.8. The van der Waals surface area contributed by atoms with Crippen LogP contribution in [0.5, 0.6) is 0 Å². The number of hydrogen-bond acceptors (Lipinski definition) is 15. The Balaban J connectivity index is 5.22. The molecule has 0 saturated carbocycles. The SMILES string of the molecule is CCCCCCCCCCCCCCCCC(=O)O[C@H](COC(=O)CCCCCCCCCC(C)C)COP(=O)(O)OC[C@@H](O)COP(=O)(O)OC[C@@H](COC(=O)CCCCCCCCCC)OC(=O)CCCCCCCCC(C)C. The number of unbranched alkanes of at least 4 members (excludes halogenated alkanes) is 31. The lowest BCUT2D eigenvalue weighted by Crippen LogP contribution is -2.30. The number of esters is 4. The zero-order valence-corrected chi connectivity index (χ0v) is 53.9. The highest BCUT2D eigenvalue weighted by molar-refractivity contribution is 7.47. The predicted octanol–water partition coefficient (Wildman–Crippen LogP) is 16.9. The molecule has 0 amide bonds. The average Bonchev–Trinajstić information content (AvgIpc) is 3.42. The largest absolute Gasteiger partial charge is 0.472 e. The van der Waals surface area contributed by atoms with E-state index in [2.05, 4.69) is 41.5 Å². The Labute approximate surface area is 492 Å². The van der Waals surface area contributed by atoms with Gasteiger partial charge in [-0.1, -0.05) is 253 Å². The standard InChI is InChI=1S/C62H120O17P2/c1-7-9-11-13-15-17-18-19-20-21-22-26-34-40-46-61(66)78-57(50-73-60(65)45-39-33-27-23-24-30-36-42-54(3)4)52-76-80(68,69)74-48-56(63)49-75-81(70,71)77-53-58(51-72-59(64)44-38-32-25-16-14-12-10-8-2)79-62(67)47-41-35-29-28-31-37-43-55(5)6/h54-58,63H,7-53H2,1-6H3,(H,68,69)(H,70,71)/t56-,57-,58-/m1/s1. The summed E-state index contributed by atoms with van der Waals surface area (Å²) in [7, 11) is -9.88. The zero-order valence-electron chi connectivity index (χ0n) is 52.1. The maximum absolute atomic E-state index is 13.0. The van der Waals surface area contributed by atoms with Gasteiger partial charge in [0.05, 0.1) is 26.4 Å². The summed E-state index contributed by atoms with van der Waals surface area (Å²) in [6, 6.07) is 0. The van der Waals surface area contributed by atoms with Crippen molar-refractivity contribution in [3.05, 3.63) is 0 Å². The lowest BCUT2D eigenvalue weighted by atomic mass is 10.0. The number of phosphoric acid groups is 2. The van der Waals surface area contributed by atoms with Gasteiger partial charge >= 0.3 is 39.5 Å². The Bertz CT molecular complexity index is 1600. The van der Waals surface area contributed by atoms with E-state index in [1.807, 2.05) is 0 Å². The van der Waals surface area contributed by atoms with Crippen molar-refractivity contribution in [1.29, 1.82) is 0 Å². The molecule has 0 aliphatic carbocycles. The number of phosphoric ester groups is 2. The second kappa shape index (κ2) is 54.7. The van der Waals surface area contributed by atoms with Crippen molar-refractivity contribution in [2.75, 3.05) is 39.6 Å². The highest BCUT2D eigenvalue weighted by atomic mass is 31.2. The summed E-state index contributed by atoms with van der Waals surface area (Å²) in [6.45, 7) is 9.31. The zero-order chi connectivity index (χ0) is 60.1. The van der Waals surface area contributed by atoms with E-state index in [9.17, 15) is 43.2 Å². The van der Waals surface area contributed by atoms with Crippen LogP contribution in [-0.2, 0) is 65.4 Å². The second-order valence-electron chi connectivity index (χ2n) is 23.4. The van der Waals surface area contributed by atoms with Crippen molar-refractivity contribution in [2.45, 2.75) is 323 Å². The summed E-state index contributed by atoms with van der Waals surface area (Å²) in [4.78, 5) is 72.0. The number of aliphatic hydroxyl groups excluding tert-OH is 1. The van der Waals surface area contributed by atoms with Crippen LogP contribution in [0.3, 0.4) is 0 Å². The van der Waals surface area contributed by atoms with Gasteiger partial charge in [0.25, 0.3) is 0 Å². The van der Waals surface area contributed by atoms with Crippen molar-refractivity contribution in [2.24, 2.45) is 11.8 Å². The lowest BCUT2D eigenvalue weighted by molar-refractivity contribution is -0.161. The van der Waals surface area contributed by atoms with Crippen molar-refractivity contribution < 1.29 is 80.2 Å². The Morgan fingerprint density at radius 3 is 0.840 bits per heavy atom. The highest BCUT2D eigenvalue weighted by Gasteiger charge is 2.30. The van der Waals surface area contributed by atoms with Gasteiger partial charge in [0.2, 0.25) is 0 Å². The quantitative estimate of drug-likeness (QED) is 0.0222. The molecule has 2 unspecified atom stereocenters. The van der Waals surface area contributed by atoms with E-state index in [-0.39, 0.29) is 25.7 Å². The van der Waals surface area contributed by atoms with Crippen LogP contribution < -0.4 is 0 Å². The minimum absolute atomic E-state index is 0.102. The van der Waals surface area contributed by atoms with Gasteiger partial charge in [0.1, 0.15) is 19.3 Å². The number of rotatable bonds is 61. The summed E-state index contributed by atoms with van der Waals surface area (Å²) >= 11 is 0. The fraction of sp³-hybridized carbons (Fsp3) is 0.935. The molecule has 0 spiro atoms. The van der Waals surface area contributed by atoms with Crippen LogP contribution in [0, 0.1) is 11.8 Å². The molecule has 81 heavy (non-hydrogen) atoms. The van der Waals surface area contributed by atoms with Crippen LogP contribution in [0.1, 0.15) is 305 Å². The normalized spacial score (nSPS) is 14.4. The summed E-state index contributed by atoms with van der Waals surface area (Å²) in [5, 5.41) is 10.5. The van der Waals surface area contributed by atoms with Crippen LogP contribution in [0.25, 0.3) is 0 Å². The first-order valence-electron chi connectivity index (χ1n) is 32.5. The molecule has 0 radical (unpaired) electrons. The Morgan fingerprint density at radius 1 is 0.333 bits per heavy atom. The number of hydrogen-bond donors (Lipinski definition) is 3. The van der Waals surface area contributed by atoms with E-state index in [1.165, 1.54) is 109 Å². The molecule has 0 saturated heterocycles. The molecule has 0 aliphatic heterocycles. The minimum atomic E-state index is -4.94. The predicted molar refractivity (Wildman–Crippen MR) is 321 cm³/mol. The number of carbonyl (C=O) groups is 4. The van der Waals surface area contributed by atoms with E-state index in [4.69, 9.17) is 37.0 Å². The van der Waals surface area contributed by atoms with Crippen LogP contribution in [-0.4, -0.2) is 96.7 Å². The lowest BCUT2D eigenvalue weighted by Gasteiger charge is -2.21. The van der Waals surface area contributed by atoms with Crippen LogP contribution in [0.4, 0.5) is 0 Å². The Kier molecular flexibility index (Phi) is 53.4. The monoisotopic (exact) mass is 1200 g/mol. The molecule has 0 aliphatic rings. The summed E-state index contributed by atoms with van der Waals surface area (Å²) in [5.41, 5.74) is 0. The molecular formula is C62H120O17P2. The molecular weight excluding hydrogens is 1080 g/mol. The van der Waals surface area contributed by atoms with Crippen molar-refractivity contribution >= 4 is 39.5 Å². The third-order valence-electron chi connectivity index (χ3n) is 14.2. The summed E-state index contributed by atoms with van der Waals surface area (Å²) in [5.74, 6) is -0.768. The topological polar surface area (TPSA) is 237 Å². The number of ether oxygens (including phenoxy) is 4. The van der Waals surface area contributed by atoms with Gasteiger partial charge in [-0.15, -0.1) is 0 Å². The molecule has 5 atom stereocenters. The van der Waals surface area contributed by atoms with E-state index in [0.29, 0.717) is 37.5 Å². The smallest absolute Gasteiger partial charge is 0.462 e. The molecule has 0 rings (SSSR count). The van der Waals surface area contributed by atoms with Crippen molar-refractivity contribution in [3.8, 4) is 0 Å². The van der Waals surface area contributed by atoms with Crippen LogP contribution >= 0.6 is 15.6 Å². The maximum Gasteiger partial charge on any atom is 0.472 e. The maximum atomic E-state index is 13.0. The fourth-order valence-electron chi connectivity index (χ4n) is 9.18. The molecule has 0 fully saturated rings. The average molecular weight is 1200 g/mol. The van der Waals surface area contributed by atoms with Gasteiger partial charge in [-0.25, -0.2) is 9.13 Å². The molecule has 480 valence electrons. The molecule has 19 heteroatoms. The summed E-state index contributed by atoms with van der Waals surface area (Å²) in [6.07, 6.45) is 36.5. The number of aliphatic hydroxyl groups is 1. The highest BCUT2D eigenvalue weighted by Crippen LogP contribution is 2.45. The van der Waals surface area contributed by atoms with Gasteiger partial charge in [-0.2, -0.15) is 0 Å². The molecule has 17 nitrogen and oxygen atoms in total. The third-order valence-corrected chi connectivity index (χ3v) is 16.1.